The van der Waals surface area contributed by atoms with Crippen molar-refractivity contribution in [3.05, 3.63) is 21.9 Å². The predicted molar refractivity (Wildman–Crippen MR) is 87.1 cm³/mol. The van der Waals surface area contributed by atoms with E-state index < -0.39 is 5.97 Å². The van der Waals surface area contributed by atoms with E-state index in [1.165, 1.54) is 4.88 Å². The Morgan fingerprint density at radius 1 is 1.27 bits per heavy atom. The van der Waals surface area contributed by atoms with Gasteiger partial charge in [-0.1, -0.05) is 0 Å². The average Bonchev–Trinajstić information content (AvgIpc) is 3.08. The molecule has 1 amide bonds. The zero-order chi connectivity index (χ0) is 15.3. The van der Waals surface area contributed by atoms with Crippen LogP contribution in [-0.4, -0.2) is 40.7 Å². The first-order chi connectivity index (χ1) is 10.6. The minimum atomic E-state index is -0.736. The number of carbonyl (C=O) groups excluding carboxylic acids is 1. The van der Waals surface area contributed by atoms with E-state index in [1.807, 2.05) is 4.90 Å². The first-order valence-electron chi connectivity index (χ1n) is 7.84. The summed E-state index contributed by atoms with van der Waals surface area (Å²) >= 11 is 3.44. The number of hydrogen-bond acceptors (Lipinski definition) is 4. The van der Waals surface area contributed by atoms with Gasteiger partial charge in [-0.3, -0.25) is 9.59 Å². The molecule has 2 fully saturated rings. The number of nitrogens with zero attached hydrogens (tertiary/aromatic N) is 1. The van der Waals surface area contributed by atoms with E-state index in [2.05, 4.69) is 11.4 Å². The molecule has 0 aromatic carbocycles. The lowest BCUT2D eigenvalue weighted by atomic mass is 9.92. The summed E-state index contributed by atoms with van der Waals surface area (Å²) < 4.78 is 0. The van der Waals surface area contributed by atoms with Gasteiger partial charge < -0.3 is 10.0 Å². The second-order valence-electron chi connectivity index (χ2n) is 6.49. The van der Waals surface area contributed by atoms with Gasteiger partial charge in [-0.05, 0) is 53.9 Å². The second kappa shape index (κ2) is 5.57. The van der Waals surface area contributed by atoms with Crippen LogP contribution in [0.25, 0.3) is 0 Å². The molecule has 0 spiro atoms. The number of hydrogen-bond donors (Lipinski definition) is 1. The third kappa shape index (κ3) is 2.46. The molecule has 2 aliphatic heterocycles. The Morgan fingerprint density at radius 2 is 2.09 bits per heavy atom. The monoisotopic (exact) mass is 337 g/mol. The Bertz CT molecular complexity index is 610. The van der Waals surface area contributed by atoms with E-state index in [9.17, 15) is 14.7 Å². The number of likely N-dealkylation sites (tertiary alicyclic amines) is 1. The van der Waals surface area contributed by atoms with Gasteiger partial charge in [0.05, 0.1) is 5.92 Å². The van der Waals surface area contributed by atoms with Crippen molar-refractivity contribution in [1.82, 2.24) is 4.90 Å². The number of carboxylic acid groups (broad SMARTS) is 1. The van der Waals surface area contributed by atoms with Crippen molar-refractivity contribution in [3.63, 3.8) is 0 Å². The molecular weight excluding hydrogens is 318 g/mol. The summed E-state index contributed by atoms with van der Waals surface area (Å²) in [5.74, 6) is 0.684. The zero-order valence-corrected chi connectivity index (χ0v) is 13.9. The highest BCUT2D eigenvalue weighted by Crippen LogP contribution is 2.46. The van der Waals surface area contributed by atoms with Crippen LogP contribution in [0.3, 0.4) is 0 Å². The smallest absolute Gasteiger partial charge is 0.308 e. The first kappa shape index (κ1) is 14.6. The first-order valence-corrected chi connectivity index (χ1v) is 9.77. The molecule has 0 bridgehead atoms. The number of rotatable bonds is 3. The van der Waals surface area contributed by atoms with E-state index in [-0.39, 0.29) is 23.0 Å². The highest BCUT2D eigenvalue weighted by Gasteiger charge is 2.48. The summed E-state index contributed by atoms with van der Waals surface area (Å²) in [5.41, 5.74) is 1.16. The van der Waals surface area contributed by atoms with Gasteiger partial charge in [-0.2, -0.15) is 0 Å². The number of carbonyl (C=O) groups is 2. The normalized spacial score (nSPS) is 31.1. The van der Waals surface area contributed by atoms with Crippen LogP contribution in [0.4, 0.5) is 0 Å². The zero-order valence-electron chi connectivity index (χ0n) is 12.2. The number of thioether (sulfide) groups is 1. The largest absolute Gasteiger partial charge is 0.481 e. The summed E-state index contributed by atoms with van der Waals surface area (Å²) in [6.07, 6.45) is 3.30. The van der Waals surface area contributed by atoms with E-state index in [4.69, 9.17) is 0 Å². The fourth-order valence-corrected chi connectivity index (χ4v) is 6.16. The van der Waals surface area contributed by atoms with Crippen molar-refractivity contribution >= 4 is 35.0 Å². The van der Waals surface area contributed by atoms with Gasteiger partial charge in [0, 0.05) is 18.0 Å². The molecule has 3 heterocycles. The minimum Gasteiger partial charge on any atom is -0.481 e. The summed E-state index contributed by atoms with van der Waals surface area (Å²) in [6.45, 7) is 1.03. The SMILES string of the molecule is O=C(O)[C@H]1CN(C(=O)C2SCCc3sccc32)C[C@@H]1C1CC1. The Morgan fingerprint density at radius 3 is 2.82 bits per heavy atom. The molecule has 4 nitrogen and oxygen atoms in total. The Kier molecular flexibility index (Phi) is 3.69. The van der Waals surface area contributed by atoms with Crippen LogP contribution in [0.2, 0.25) is 0 Å². The molecule has 0 radical (unpaired) electrons. The van der Waals surface area contributed by atoms with E-state index in [1.54, 1.807) is 23.1 Å². The van der Waals surface area contributed by atoms with Crippen LogP contribution in [0.5, 0.6) is 0 Å². The standard InChI is InChI=1S/C16H19NO3S2/c18-15(14-10-3-5-21-13(10)4-6-22-14)17-7-11(9-1-2-9)12(8-17)16(19)20/h3,5,9,11-12,14H,1-2,4,6-8H2,(H,19,20)/t11-,12+,14?/m1/s1. The fourth-order valence-electron chi connectivity index (χ4n) is 3.79. The number of amides is 1. The van der Waals surface area contributed by atoms with Crippen LogP contribution in [-0.2, 0) is 16.0 Å². The van der Waals surface area contributed by atoms with Gasteiger partial charge in [0.1, 0.15) is 5.25 Å². The number of carboxylic acids is 1. The third-order valence-electron chi connectivity index (χ3n) is 5.12. The third-order valence-corrected chi connectivity index (χ3v) is 7.35. The summed E-state index contributed by atoms with van der Waals surface area (Å²) in [4.78, 5) is 27.6. The van der Waals surface area contributed by atoms with Crippen molar-refractivity contribution in [2.45, 2.75) is 24.5 Å². The van der Waals surface area contributed by atoms with Gasteiger partial charge in [-0.25, -0.2) is 0 Å². The molecule has 22 heavy (non-hydrogen) atoms. The fraction of sp³-hybridized carbons (Fsp3) is 0.625. The molecule has 4 rings (SSSR count). The molecule has 118 valence electrons. The highest BCUT2D eigenvalue weighted by molar-refractivity contribution is 8.00. The summed E-state index contributed by atoms with van der Waals surface area (Å²) in [7, 11) is 0. The maximum absolute atomic E-state index is 12.9. The number of aryl methyl sites for hydroxylation is 1. The second-order valence-corrected chi connectivity index (χ2v) is 8.70. The molecule has 1 saturated carbocycles. The molecular formula is C16H19NO3S2. The lowest BCUT2D eigenvalue weighted by Crippen LogP contribution is -2.34. The quantitative estimate of drug-likeness (QED) is 0.921. The van der Waals surface area contributed by atoms with E-state index >= 15 is 0 Å². The van der Waals surface area contributed by atoms with Crippen molar-refractivity contribution < 1.29 is 14.7 Å². The van der Waals surface area contributed by atoms with Gasteiger partial charge in [-0.15, -0.1) is 23.1 Å². The Balaban J connectivity index is 1.53. The van der Waals surface area contributed by atoms with Crippen LogP contribution in [0, 0.1) is 17.8 Å². The topological polar surface area (TPSA) is 57.6 Å². The molecule has 1 N–H and O–H groups in total. The van der Waals surface area contributed by atoms with Crippen LogP contribution in [0.15, 0.2) is 11.4 Å². The minimum absolute atomic E-state index is 0.123. The van der Waals surface area contributed by atoms with Crippen LogP contribution < -0.4 is 0 Å². The average molecular weight is 337 g/mol. The molecule has 3 aliphatic rings. The maximum Gasteiger partial charge on any atom is 0.308 e. The number of aliphatic carboxylic acids is 1. The molecule has 3 atom stereocenters. The van der Waals surface area contributed by atoms with Crippen LogP contribution in [0.1, 0.15) is 28.5 Å². The number of thiophene rings is 1. The van der Waals surface area contributed by atoms with Gasteiger partial charge in [0.2, 0.25) is 5.91 Å². The lowest BCUT2D eigenvalue weighted by molar-refractivity contribution is -0.142. The van der Waals surface area contributed by atoms with Crippen molar-refractivity contribution in [3.8, 4) is 0 Å². The molecule has 1 aromatic heterocycles. The number of fused-ring (bicyclic) bond motifs is 1. The molecule has 6 heteroatoms. The van der Waals surface area contributed by atoms with E-state index in [0.29, 0.717) is 19.0 Å². The van der Waals surface area contributed by atoms with Crippen molar-refractivity contribution in [1.29, 1.82) is 0 Å². The van der Waals surface area contributed by atoms with Gasteiger partial charge >= 0.3 is 5.97 Å². The van der Waals surface area contributed by atoms with E-state index in [0.717, 1.165) is 30.6 Å². The van der Waals surface area contributed by atoms with Gasteiger partial charge in [0.15, 0.2) is 0 Å². The van der Waals surface area contributed by atoms with Crippen molar-refractivity contribution in [2.24, 2.45) is 17.8 Å². The molecule has 1 saturated heterocycles. The lowest BCUT2D eigenvalue weighted by Gasteiger charge is -2.26. The molecule has 1 aliphatic carbocycles. The summed E-state index contributed by atoms with van der Waals surface area (Å²) in [5, 5.41) is 11.4. The van der Waals surface area contributed by atoms with Crippen molar-refractivity contribution in [2.75, 3.05) is 18.8 Å². The van der Waals surface area contributed by atoms with Gasteiger partial charge in [0.25, 0.3) is 0 Å². The Labute approximate surface area is 137 Å². The predicted octanol–water partition coefficient (Wildman–Crippen LogP) is 2.65. The van der Waals surface area contributed by atoms with Crippen LogP contribution >= 0.6 is 23.1 Å². The molecule has 1 unspecified atom stereocenters. The Hall–Kier alpha value is -1.01. The molecule has 1 aromatic rings. The maximum atomic E-state index is 12.9. The highest BCUT2D eigenvalue weighted by atomic mass is 32.2. The summed E-state index contributed by atoms with van der Waals surface area (Å²) in [6, 6.07) is 2.07.